The first kappa shape index (κ1) is 13.6. The van der Waals surface area contributed by atoms with E-state index in [9.17, 15) is 4.79 Å². The van der Waals surface area contributed by atoms with Crippen LogP contribution < -0.4 is 4.74 Å². The number of hydrogen-bond donors (Lipinski definition) is 1. The standard InChI is InChI=1S/C13H16O3S/c1-2-17-10-9-16-12-6-3-11(4-7-12)5-8-13(14)15/h3-8H,2,9-10H2,1H3,(H,14,15). The fourth-order valence-electron chi connectivity index (χ4n) is 1.21. The second-order valence-corrected chi connectivity index (χ2v) is 4.68. The van der Waals surface area contributed by atoms with Crippen LogP contribution in [0.4, 0.5) is 0 Å². The Labute approximate surface area is 105 Å². The maximum absolute atomic E-state index is 10.3. The van der Waals surface area contributed by atoms with Crippen LogP contribution in [0.3, 0.4) is 0 Å². The second-order valence-electron chi connectivity index (χ2n) is 3.29. The lowest BCUT2D eigenvalue weighted by atomic mass is 10.2. The van der Waals surface area contributed by atoms with Gasteiger partial charge in [0.2, 0.25) is 0 Å². The minimum Gasteiger partial charge on any atom is -0.493 e. The normalized spacial score (nSPS) is 10.6. The molecule has 0 radical (unpaired) electrons. The minimum absolute atomic E-state index is 0.697. The Balaban J connectivity index is 2.42. The molecule has 92 valence electrons. The third-order valence-electron chi connectivity index (χ3n) is 2.00. The predicted molar refractivity (Wildman–Crippen MR) is 71.6 cm³/mol. The van der Waals surface area contributed by atoms with Gasteiger partial charge in [-0.3, -0.25) is 0 Å². The van der Waals surface area contributed by atoms with Crippen molar-refractivity contribution in [2.24, 2.45) is 0 Å². The fourth-order valence-corrected chi connectivity index (χ4v) is 1.70. The van der Waals surface area contributed by atoms with Gasteiger partial charge in [-0.25, -0.2) is 4.79 Å². The summed E-state index contributed by atoms with van der Waals surface area (Å²) in [6.45, 7) is 2.82. The third-order valence-corrected chi connectivity index (χ3v) is 2.86. The third kappa shape index (κ3) is 6.02. The van der Waals surface area contributed by atoms with Crippen LogP contribution in [0.2, 0.25) is 0 Å². The number of hydrogen-bond acceptors (Lipinski definition) is 3. The summed E-state index contributed by atoms with van der Waals surface area (Å²) in [5, 5.41) is 8.48. The molecule has 0 atom stereocenters. The predicted octanol–water partition coefficient (Wildman–Crippen LogP) is 2.92. The first-order valence-corrected chi connectivity index (χ1v) is 6.59. The zero-order chi connectivity index (χ0) is 12.5. The Morgan fingerprint density at radius 2 is 2.12 bits per heavy atom. The Morgan fingerprint density at radius 3 is 2.71 bits per heavy atom. The number of carbonyl (C=O) groups is 1. The summed E-state index contributed by atoms with van der Waals surface area (Å²) in [4.78, 5) is 10.3. The zero-order valence-corrected chi connectivity index (χ0v) is 10.6. The molecule has 1 N–H and O–H groups in total. The molecule has 0 unspecified atom stereocenters. The number of carboxylic acids is 1. The molecule has 0 amide bonds. The Morgan fingerprint density at radius 1 is 1.41 bits per heavy atom. The maximum Gasteiger partial charge on any atom is 0.328 e. The number of rotatable bonds is 7. The van der Waals surface area contributed by atoms with E-state index in [4.69, 9.17) is 9.84 Å². The number of thioether (sulfide) groups is 1. The van der Waals surface area contributed by atoms with Gasteiger partial charge in [0.1, 0.15) is 5.75 Å². The molecule has 0 bridgehead atoms. The first-order valence-electron chi connectivity index (χ1n) is 5.44. The van der Waals surface area contributed by atoms with E-state index in [1.54, 1.807) is 6.08 Å². The first-order chi connectivity index (χ1) is 8.22. The van der Waals surface area contributed by atoms with Crippen molar-refractivity contribution in [2.45, 2.75) is 6.92 Å². The molecule has 1 rings (SSSR count). The lowest BCUT2D eigenvalue weighted by Crippen LogP contribution is -2.00. The molecule has 0 heterocycles. The number of ether oxygens (including phenoxy) is 1. The molecule has 1 aromatic rings. The van der Waals surface area contributed by atoms with Gasteiger partial charge < -0.3 is 9.84 Å². The monoisotopic (exact) mass is 252 g/mol. The van der Waals surface area contributed by atoms with Crippen molar-refractivity contribution in [3.63, 3.8) is 0 Å². The van der Waals surface area contributed by atoms with Crippen LogP contribution in [0, 0.1) is 0 Å². The van der Waals surface area contributed by atoms with E-state index >= 15 is 0 Å². The molecule has 17 heavy (non-hydrogen) atoms. The van der Waals surface area contributed by atoms with E-state index in [1.165, 1.54) is 0 Å². The Bertz CT molecular complexity index is 371. The van der Waals surface area contributed by atoms with Crippen LogP contribution in [-0.4, -0.2) is 29.2 Å². The van der Waals surface area contributed by atoms with Crippen LogP contribution in [0.15, 0.2) is 30.3 Å². The summed E-state index contributed by atoms with van der Waals surface area (Å²) in [7, 11) is 0. The van der Waals surface area contributed by atoms with Crippen molar-refractivity contribution in [3.05, 3.63) is 35.9 Å². The smallest absolute Gasteiger partial charge is 0.328 e. The van der Waals surface area contributed by atoms with Crippen molar-refractivity contribution in [1.82, 2.24) is 0 Å². The molecule has 0 fully saturated rings. The van der Waals surface area contributed by atoms with Gasteiger partial charge in [-0.2, -0.15) is 11.8 Å². The fraction of sp³-hybridized carbons (Fsp3) is 0.308. The van der Waals surface area contributed by atoms with Gasteiger partial charge in [0.15, 0.2) is 0 Å². The average Bonchev–Trinajstić information content (AvgIpc) is 2.33. The molecular formula is C13H16O3S. The van der Waals surface area contributed by atoms with E-state index in [2.05, 4.69) is 6.92 Å². The van der Waals surface area contributed by atoms with E-state index in [0.717, 1.165) is 28.9 Å². The quantitative estimate of drug-likeness (QED) is 0.598. The molecule has 0 aliphatic rings. The van der Waals surface area contributed by atoms with Crippen molar-refractivity contribution in [2.75, 3.05) is 18.1 Å². The molecule has 0 aromatic heterocycles. The Kier molecular flexibility index (Phi) is 6.25. The lowest BCUT2D eigenvalue weighted by molar-refractivity contribution is -0.131. The van der Waals surface area contributed by atoms with E-state index in [-0.39, 0.29) is 0 Å². The van der Waals surface area contributed by atoms with Gasteiger partial charge in [0.05, 0.1) is 6.61 Å². The van der Waals surface area contributed by atoms with Crippen molar-refractivity contribution in [1.29, 1.82) is 0 Å². The van der Waals surface area contributed by atoms with Crippen LogP contribution in [-0.2, 0) is 4.79 Å². The molecule has 0 saturated heterocycles. The van der Waals surface area contributed by atoms with Crippen LogP contribution in [0.5, 0.6) is 5.75 Å². The molecule has 0 aliphatic heterocycles. The minimum atomic E-state index is -0.943. The molecule has 1 aromatic carbocycles. The topological polar surface area (TPSA) is 46.5 Å². The van der Waals surface area contributed by atoms with Crippen LogP contribution >= 0.6 is 11.8 Å². The molecule has 4 heteroatoms. The second kappa shape index (κ2) is 7.79. The highest BCUT2D eigenvalue weighted by Crippen LogP contribution is 2.13. The SMILES string of the molecule is CCSCCOc1ccc(C=CC(=O)O)cc1. The molecular weight excluding hydrogens is 236 g/mol. The number of aliphatic carboxylic acids is 1. The van der Waals surface area contributed by atoms with Gasteiger partial charge in [-0.05, 0) is 29.5 Å². The Hall–Kier alpha value is -1.42. The highest BCUT2D eigenvalue weighted by molar-refractivity contribution is 7.99. The number of carboxylic acid groups (broad SMARTS) is 1. The summed E-state index contributed by atoms with van der Waals surface area (Å²) < 4.78 is 5.53. The molecule has 0 aliphatic carbocycles. The largest absolute Gasteiger partial charge is 0.493 e. The van der Waals surface area contributed by atoms with Gasteiger partial charge >= 0.3 is 5.97 Å². The summed E-state index contributed by atoms with van der Waals surface area (Å²) in [6.07, 6.45) is 2.67. The van der Waals surface area contributed by atoms with E-state index in [0.29, 0.717) is 6.61 Å². The van der Waals surface area contributed by atoms with Crippen LogP contribution in [0.1, 0.15) is 12.5 Å². The van der Waals surface area contributed by atoms with Gasteiger partial charge in [0.25, 0.3) is 0 Å². The summed E-state index contributed by atoms with van der Waals surface area (Å²) in [6, 6.07) is 7.36. The highest BCUT2D eigenvalue weighted by Gasteiger charge is 1.94. The van der Waals surface area contributed by atoms with Crippen LogP contribution in [0.25, 0.3) is 6.08 Å². The lowest BCUT2D eigenvalue weighted by Gasteiger charge is -2.05. The van der Waals surface area contributed by atoms with Gasteiger partial charge in [-0.1, -0.05) is 19.1 Å². The summed E-state index contributed by atoms with van der Waals surface area (Å²) >= 11 is 1.84. The highest BCUT2D eigenvalue weighted by atomic mass is 32.2. The van der Waals surface area contributed by atoms with Crippen molar-refractivity contribution >= 4 is 23.8 Å². The van der Waals surface area contributed by atoms with E-state index in [1.807, 2.05) is 36.0 Å². The van der Waals surface area contributed by atoms with E-state index < -0.39 is 5.97 Å². The van der Waals surface area contributed by atoms with Gasteiger partial charge in [-0.15, -0.1) is 0 Å². The van der Waals surface area contributed by atoms with Crippen molar-refractivity contribution < 1.29 is 14.6 Å². The summed E-state index contributed by atoms with van der Waals surface area (Å²) in [5.41, 5.74) is 0.850. The average molecular weight is 252 g/mol. The molecule has 0 spiro atoms. The van der Waals surface area contributed by atoms with Crippen molar-refractivity contribution in [3.8, 4) is 5.75 Å². The number of benzene rings is 1. The molecule has 3 nitrogen and oxygen atoms in total. The molecule has 0 saturated carbocycles. The maximum atomic E-state index is 10.3. The summed E-state index contributed by atoms with van der Waals surface area (Å²) in [5.74, 6) is 1.95. The van der Waals surface area contributed by atoms with Gasteiger partial charge in [0, 0.05) is 11.8 Å². The zero-order valence-electron chi connectivity index (χ0n) is 9.76.